The lowest BCUT2D eigenvalue weighted by molar-refractivity contribution is -0.0283. The molecule has 0 spiro atoms. The number of aromatic carboxylic acids is 1. The fourth-order valence-electron chi connectivity index (χ4n) is 3.45. The predicted octanol–water partition coefficient (Wildman–Crippen LogP) is 2.41. The van der Waals surface area contributed by atoms with E-state index < -0.39 is 5.97 Å². The van der Waals surface area contributed by atoms with Crippen LogP contribution in [0.5, 0.6) is 5.75 Å². The van der Waals surface area contributed by atoms with Gasteiger partial charge in [-0.25, -0.2) is 4.79 Å². The van der Waals surface area contributed by atoms with E-state index in [-0.39, 0.29) is 11.7 Å². The third-order valence-electron chi connectivity index (χ3n) is 4.58. The normalized spacial score (nSPS) is 26.5. The molecule has 1 aliphatic carbocycles. The van der Waals surface area contributed by atoms with Crippen molar-refractivity contribution < 1.29 is 19.4 Å². The Bertz CT molecular complexity index is 513. The summed E-state index contributed by atoms with van der Waals surface area (Å²) in [5.74, 6) is -0.450. The number of benzene rings is 1. The van der Waals surface area contributed by atoms with Crippen LogP contribution in [0.3, 0.4) is 0 Å². The third kappa shape index (κ3) is 3.42. The summed E-state index contributed by atoms with van der Waals surface area (Å²) in [5, 5.41) is 9.30. The first-order valence-corrected chi connectivity index (χ1v) is 8.06. The van der Waals surface area contributed by atoms with E-state index in [4.69, 9.17) is 9.47 Å². The molecule has 1 aromatic carbocycles. The third-order valence-corrected chi connectivity index (χ3v) is 4.58. The second kappa shape index (κ2) is 7.11. The van der Waals surface area contributed by atoms with Crippen molar-refractivity contribution in [3.8, 4) is 5.75 Å². The topological polar surface area (TPSA) is 59.0 Å². The van der Waals surface area contributed by atoms with Crippen LogP contribution in [-0.4, -0.2) is 54.4 Å². The van der Waals surface area contributed by atoms with Crippen molar-refractivity contribution in [1.29, 1.82) is 0 Å². The van der Waals surface area contributed by atoms with E-state index in [0.717, 1.165) is 45.6 Å². The molecule has 0 bridgehead atoms. The molecule has 5 nitrogen and oxygen atoms in total. The van der Waals surface area contributed by atoms with Gasteiger partial charge in [0.15, 0.2) is 0 Å². The highest BCUT2D eigenvalue weighted by molar-refractivity contribution is 5.90. The summed E-state index contributed by atoms with van der Waals surface area (Å²) in [4.78, 5) is 13.8. The Kier molecular flexibility index (Phi) is 4.95. The predicted molar refractivity (Wildman–Crippen MR) is 82.5 cm³/mol. The van der Waals surface area contributed by atoms with Gasteiger partial charge >= 0.3 is 5.97 Å². The highest BCUT2D eigenvalue weighted by Crippen LogP contribution is 2.29. The number of hydrogen-bond donors (Lipinski definition) is 1. The Morgan fingerprint density at radius 2 is 1.91 bits per heavy atom. The molecule has 1 saturated carbocycles. The molecule has 0 aromatic heterocycles. The van der Waals surface area contributed by atoms with E-state index in [0.29, 0.717) is 11.8 Å². The number of ether oxygens (including phenoxy) is 2. The van der Waals surface area contributed by atoms with Crippen LogP contribution in [-0.2, 0) is 4.74 Å². The zero-order valence-corrected chi connectivity index (χ0v) is 12.7. The van der Waals surface area contributed by atoms with Crippen molar-refractivity contribution in [3.05, 3.63) is 29.8 Å². The molecule has 2 unspecified atom stereocenters. The van der Waals surface area contributed by atoms with Crippen LogP contribution in [0.1, 0.15) is 36.0 Å². The molecule has 2 fully saturated rings. The fraction of sp³-hybridized carbons (Fsp3) is 0.588. The van der Waals surface area contributed by atoms with Crippen molar-refractivity contribution >= 4 is 5.97 Å². The molecular weight excluding hydrogens is 282 g/mol. The van der Waals surface area contributed by atoms with Crippen LogP contribution in [0.2, 0.25) is 0 Å². The molecule has 1 aliphatic heterocycles. The first-order valence-electron chi connectivity index (χ1n) is 8.06. The van der Waals surface area contributed by atoms with Gasteiger partial charge in [-0.2, -0.15) is 0 Å². The molecule has 0 amide bonds. The van der Waals surface area contributed by atoms with Crippen LogP contribution in [0.15, 0.2) is 24.3 Å². The quantitative estimate of drug-likeness (QED) is 0.925. The zero-order valence-electron chi connectivity index (χ0n) is 12.7. The largest absolute Gasteiger partial charge is 0.488 e. The first-order chi connectivity index (χ1) is 10.8. The number of hydrogen-bond acceptors (Lipinski definition) is 4. The molecule has 0 radical (unpaired) electrons. The zero-order chi connectivity index (χ0) is 15.4. The summed E-state index contributed by atoms with van der Waals surface area (Å²) in [7, 11) is 0. The second-order valence-electron chi connectivity index (χ2n) is 5.96. The van der Waals surface area contributed by atoms with Gasteiger partial charge in [-0.15, -0.1) is 0 Å². The number of carboxylic acids is 1. The Morgan fingerprint density at radius 3 is 2.68 bits per heavy atom. The number of carboxylic acid groups (broad SMARTS) is 1. The molecular formula is C17H23NO4. The van der Waals surface area contributed by atoms with E-state index in [1.54, 1.807) is 18.2 Å². The van der Waals surface area contributed by atoms with E-state index in [2.05, 4.69) is 4.90 Å². The molecule has 1 saturated heterocycles. The lowest BCUT2D eigenvalue weighted by Crippen LogP contribution is -2.52. The number of morpholine rings is 1. The van der Waals surface area contributed by atoms with Crippen LogP contribution < -0.4 is 4.74 Å². The molecule has 1 aromatic rings. The maximum absolute atomic E-state index is 11.3. The lowest BCUT2D eigenvalue weighted by atomic mass is 9.90. The standard InChI is InChI=1S/C17H23NO4/c19-17(20)13-5-1-3-7-15(13)22-16-8-4-2-6-14(16)18-9-11-21-12-10-18/h1,3,5,7,14,16H,2,4,6,8-12H2,(H,19,20). The molecule has 22 heavy (non-hydrogen) atoms. The van der Waals surface area contributed by atoms with E-state index >= 15 is 0 Å². The number of nitrogens with zero attached hydrogens (tertiary/aromatic N) is 1. The minimum absolute atomic E-state index is 0.0624. The Hall–Kier alpha value is -1.59. The van der Waals surface area contributed by atoms with Gasteiger partial charge in [0.05, 0.1) is 13.2 Å². The van der Waals surface area contributed by atoms with E-state index in [1.807, 2.05) is 6.07 Å². The van der Waals surface area contributed by atoms with Crippen molar-refractivity contribution in [3.63, 3.8) is 0 Å². The first kappa shape index (κ1) is 15.3. The summed E-state index contributed by atoms with van der Waals surface area (Å²) in [6, 6.07) is 7.28. The summed E-state index contributed by atoms with van der Waals surface area (Å²) >= 11 is 0. The molecule has 2 atom stereocenters. The van der Waals surface area contributed by atoms with Crippen molar-refractivity contribution in [2.45, 2.75) is 37.8 Å². The fourth-order valence-corrected chi connectivity index (χ4v) is 3.45. The number of carbonyl (C=O) groups is 1. The SMILES string of the molecule is O=C(O)c1ccccc1OC1CCCCC1N1CCOCC1. The van der Waals surface area contributed by atoms with Gasteiger partial charge < -0.3 is 14.6 Å². The van der Waals surface area contributed by atoms with E-state index in [9.17, 15) is 9.90 Å². The second-order valence-corrected chi connectivity index (χ2v) is 5.96. The van der Waals surface area contributed by atoms with Gasteiger partial charge in [0.2, 0.25) is 0 Å². The average molecular weight is 305 g/mol. The molecule has 3 rings (SSSR count). The van der Waals surface area contributed by atoms with Gasteiger partial charge in [0.25, 0.3) is 0 Å². The van der Waals surface area contributed by atoms with Crippen LogP contribution in [0.4, 0.5) is 0 Å². The van der Waals surface area contributed by atoms with Gasteiger partial charge in [-0.05, 0) is 31.4 Å². The number of rotatable bonds is 4. The highest BCUT2D eigenvalue weighted by Gasteiger charge is 2.33. The maximum atomic E-state index is 11.3. The Morgan fingerprint density at radius 1 is 1.18 bits per heavy atom. The monoisotopic (exact) mass is 305 g/mol. The minimum Gasteiger partial charge on any atom is -0.488 e. The van der Waals surface area contributed by atoms with Gasteiger partial charge in [-0.1, -0.05) is 18.6 Å². The molecule has 5 heteroatoms. The van der Waals surface area contributed by atoms with Crippen molar-refractivity contribution in [2.75, 3.05) is 26.3 Å². The van der Waals surface area contributed by atoms with Crippen LogP contribution in [0, 0.1) is 0 Å². The van der Waals surface area contributed by atoms with Gasteiger partial charge in [-0.3, -0.25) is 4.90 Å². The molecule has 1 heterocycles. The Balaban J connectivity index is 1.75. The molecule has 2 aliphatic rings. The Labute approximate surface area is 130 Å². The van der Waals surface area contributed by atoms with Crippen molar-refractivity contribution in [1.82, 2.24) is 4.90 Å². The van der Waals surface area contributed by atoms with Crippen molar-refractivity contribution in [2.24, 2.45) is 0 Å². The maximum Gasteiger partial charge on any atom is 0.339 e. The average Bonchev–Trinajstić information content (AvgIpc) is 2.56. The summed E-state index contributed by atoms with van der Waals surface area (Å²) in [6.45, 7) is 3.42. The summed E-state index contributed by atoms with van der Waals surface area (Å²) < 4.78 is 11.6. The van der Waals surface area contributed by atoms with Crippen LogP contribution in [0.25, 0.3) is 0 Å². The highest BCUT2D eigenvalue weighted by atomic mass is 16.5. The lowest BCUT2D eigenvalue weighted by Gasteiger charge is -2.41. The van der Waals surface area contributed by atoms with Crippen LogP contribution >= 0.6 is 0 Å². The minimum atomic E-state index is -0.936. The van der Waals surface area contributed by atoms with Gasteiger partial charge in [0.1, 0.15) is 17.4 Å². The van der Waals surface area contributed by atoms with Gasteiger partial charge in [0, 0.05) is 19.1 Å². The smallest absolute Gasteiger partial charge is 0.339 e. The van der Waals surface area contributed by atoms with E-state index in [1.165, 1.54) is 6.42 Å². The molecule has 1 N–H and O–H groups in total. The molecule has 120 valence electrons. The number of para-hydroxylation sites is 1. The summed E-state index contributed by atoms with van der Waals surface area (Å²) in [5.41, 5.74) is 0.244. The summed E-state index contributed by atoms with van der Waals surface area (Å²) in [6.07, 6.45) is 4.51.